The second-order valence-corrected chi connectivity index (χ2v) is 7.99. The third-order valence-corrected chi connectivity index (χ3v) is 5.10. The van der Waals surface area contributed by atoms with Gasteiger partial charge in [-0.3, -0.25) is 4.90 Å². The van der Waals surface area contributed by atoms with Crippen molar-refractivity contribution in [2.24, 2.45) is 0 Å². The van der Waals surface area contributed by atoms with Gasteiger partial charge in [-0.1, -0.05) is 33.0 Å². The van der Waals surface area contributed by atoms with Gasteiger partial charge in [0.2, 0.25) is 0 Å². The molecule has 0 amide bonds. The average molecular weight is 374 g/mol. The van der Waals surface area contributed by atoms with Gasteiger partial charge >= 0.3 is 0 Å². The number of halogens is 1. The van der Waals surface area contributed by atoms with E-state index in [0.29, 0.717) is 10.7 Å². The SMILES string of the molecule is CC(C)N1CCOC(c2nc(=S)c(Br)c(C(C)(C)C)[nH]2)C1. The van der Waals surface area contributed by atoms with Gasteiger partial charge in [0.1, 0.15) is 16.6 Å². The molecule has 4 nitrogen and oxygen atoms in total. The van der Waals surface area contributed by atoms with Crippen LogP contribution in [0.1, 0.15) is 52.2 Å². The summed E-state index contributed by atoms with van der Waals surface area (Å²) in [7, 11) is 0. The van der Waals surface area contributed by atoms with E-state index < -0.39 is 0 Å². The van der Waals surface area contributed by atoms with Crippen molar-refractivity contribution in [3.05, 3.63) is 20.6 Å². The molecular formula is C15H24BrN3OS. The molecule has 0 spiro atoms. The summed E-state index contributed by atoms with van der Waals surface area (Å²) in [6.45, 7) is 13.4. The van der Waals surface area contributed by atoms with Crippen LogP contribution in [0.2, 0.25) is 0 Å². The normalized spacial score (nSPS) is 21.0. The number of nitrogens with zero attached hydrogens (tertiary/aromatic N) is 2. The lowest BCUT2D eigenvalue weighted by atomic mass is 9.92. The van der Waals surface area contributed by atoms with E-state index in [1.165, 1.54) is 0 Å². The molecule has 1 fully saturated rings. The number of H-pyrrole nitrogens is 1. The van der Waals surface area contributed by atoms with Crippen molar-refractivity contribution in [3.63, 3.8) is 0 Å². The molecule has 21 heavy (non-hydrogen) atoms. The summed E-state index contributed by atoms with van der Waals surface area (Å²) < 4.78 is 7.39. The zero-order valence-electron chi connectivity index (χ0n) is 13.4. The minimum absolute atomic E-state index is 0.0313. The topological polar surface area (TPSA) is 41.1 Å². The van der Waals surface area contributed by atoms with E-state index in [4.69, 9.17) is 17.0 Å². The van der Waals surface area contributed by atoms with Gasteiger partial charge in [0.25, 0.3) is 0 Å². The fraction of sp³-hybridized carbons (Fsp3) is 0.733. The van der Waals surface area contributed by atoms with Gasteiger partial charge in [-0.25, -0.2) is 4.98 Å². The molecule has 2 heterocycles. The number of aromatic nitrogens is 2. The maximum atomic E-state index is 5.91. The molecule has 0 bridgehead atoms. The van der Waals surface area contributed by atoms with E-state index in [2.05, 4.69) is 65.4 Å². The van der Waals surface area contributed by atoms with Gasteiger partial charge in [-0.05, 0) is 29.8 Å². The van der Waals surface area contributed by atoms with Gasteiger partial charge in [0.05, 0.1) is 11.1 Å². The summed E-state index contributed by atoms with van der Waals surface area (Å²) in [6, 6.07) is 0.511. The fourth-order valence-corrected chi connectivity index (χ4v) is 3.43. The molecule has 0 aromatic carbocycles. The van der Waals surface area contributed by atoms with Crippen LogP contribution in [0.15, 0.2) is 4.47 Å². The van der Waals surface area contributed by atoms with Crippen molar-refractivity contribution >= 4 is 28.1 Å². The molecule has 1 unspecified atom stereocenters. The van der Waals surface area contributed by atoms with Crippen molar-refractivity contribution in [2.45, 2.75) is 52.2 Å². The number of morpholine rings is 1. The minimum Gasteiger partial charge on any atom is -0.368 e. The highest BCUT2D eigenvalue weighted by Gasteiger charge is 2.27. The van der Waals surface area contributed by atoms with Gasteiger partial charge in [-0.2, -0.15) is 0 Å². The second kappa shape index (κ2) is 6.44. The van der Waals surface area contributed by atoms with Crippen LogP contribution in [0, 0.1) is 4.64 Å². The Bertz CT molecular complexity index is 565. The molecule has 0 saturated carbocycles. The first-order chi connectivity index (χ1) is 9.70. The van der Waals surface area contributed by atoms with Crippen molar-refractivity contribution < 1.29 is 4.74 Å². The Morgan fingerprint density at radius 2 is 2.10 bits per heavy atom. The van der Waals surface area contributed by atoms with Crippen molar-refractivity contribution in [3.8, 4) is 0 Å². The highest BCUT2D eigenvalue weighted by Crippen LogP contribution is 2.30. The highest BCUT2D eigenvalue weighted by atomic mass is 79.9. The van der Waals surface area contributed by atoms with Gasteiger partial charge in [0.15, 0.2) is 0 Å². The molecule has 1 N–H and O–H groups in total. The first-order valence-corrected chi connectivity index (χ1v) is 8.56. The van der Waals surface area contributed by atoms with E-state index in [1.54, 1.807) is 0 Å². The molecule has 2 rings (SSSR count). The smallest absolute Gasteiger partial charge is 0.144 e. The van der Waals surface area contributed by atoms with Crippen LogP contribution in [0.4, 0.5) is 0 Å². The first-order valence-electron chi connectivity index (χ1n) is 7.36. The Morgan fingerprint density at radius 3 is 2.67 bits per heavy atom. The Labute approximate surface area is 140 Å². The lowest BCUT2D eigenvalue weighted by molar-refractivity contribution is -0.0445. The van der Waals surface area contributed by atoms with E-state index in [0.717, 1.165) is 35.7 Å². The maximum Gasteiger partial charge on any atom is 0.144 e. The molecule has 1 aromatic heterocycles. The molecule has 1 atom stereocenters. The summed E-state index contributed by atoms with van der Waals surface area (Å²) in [4.78, 5) is 10.4. The van der Waals surface area contributed by atoms with E-state index >= 15 is 0 Å². The van der Waals surface area contributed by atoms with Crippen LogP contribution in [-0.2, 0) is 10.2 Å². The Kier molecular flexibility index (Phi) is 5.23. The van der Waals surface area contributed by atoms with E-state index in [-0.39, 0.29) is 11.5 Å². The number of rotatable bonds is 2. The summed E-state index contributed by atoms with van der Waals surface area (Å²) in [5.74, 6) is 0.832. The highest BCUT2D eigenvalue weighted by molar-refractivity contribution is 9.10. The molecule has 0 radical (unpaired) electrons. The van der Waals surface area contributed by atoms with Crippen LogP contribution >= 0.6 is 28.1 Å². The van der Waals surface area contributed by atoms with Gasteiger partial charge < -0.3 is 9.72 Å². The lowest BCUT2D eigenvalue weighted by Gasteiger charge is -2.35. The summed E-state index contributed by atoms with van der Waals surface area (Å²) in [5.41, 5.74) is 1.04. The predicted octanol–water partition coefficient (Wildman–Crippen LogP) is 3.98. The van der Waals surface area contributed by atoms with Gasteiger partial charge in [-0.15, -0.1) is 0 Å². The molecule has 118 valence electrons. The Hall–Kier alpha value is -0.300. The molecule has 6 heteroatoms. The maximum absolute atomic E-state index is 5.91. The number of hydrogen-bond donors (Lipinski definition) is 1. The van der Waals surface area contributed by atoms with E-state index in [9.17, 15) is 0 Å². The molecular weight excluding hydrogens is 350 g/mol. The average Bonchev–Trinajstić information content (AvgIpc) is 2.40. The molecule has 1 saturated heterocycles. The molecule has 1 aliphatic rings. The van der Waals surface area contributed by atoms with Gasteiger partial charge in [0, 0.05) is 30.2 Å². The minimum atomic E-state index is -0.0444. The summed E-state index contributed by atoms with van der Waals surface area (Å²) >= 11 is 8.96. The fourth-order valence-electron chi connectivity index (χ4n) is 2.45. The van der Waals surface area contributed by atoms with Crippen molar-refractivity contribution in [2.75, 3.05) is 19.7 Å². The molecule has 1 aromatic rings. The van der Waals surface area contributed by atoms with Crippen molar-refractivity contribution in [1.82, 2.24) is 14.9 Å². The number of aromatic amines is 1. The van der Waals surface area contributed by atoms with Crippen LogP contribution in [-0.4, -0.2) is 40.6 Å². The van der Waals surface area contributed by atoms with E-state index in [1.807, 2.05) is 0 Å². The largest absolute Gasteiger partial charge is 0.368 e. The van der Waals surface area contributed by atoms with Crippen LogP contribution in [0.25, 0.3) is 0 Å². The number of hydrogen-bond acceptors (Lipinski definition) is 4. The lowest BCUT2D eigenvalue weighted by Crippen LogP contribution is -2.42. The van der Waals surface area contributed by atoms with Crippen LogP contribution < -0.4 is 0 Å². The monoisotopic (exact) mass is 373 g/mol. The third-order valence-electron chi connectivity index (χ3n) is 3.77. The van der Waals surface area contributed by atoms with Crippen LogP contribution in [0.5, 0.6) is 0 Å². The quantitative estimate of drug-likeness (QED) is 0.795. The molecule has 1 aliphatic heterocycles. The number of ether oxygens (including phenoxy) is 1. The zero-order valence-corrected chi connectivity index (χ0v) is 15.8. The van der Waals surface area contributed by atoms with Crippen molar-refractivity contribution in [1.29, 1.82) is 0 Å². The first kappa shape index (κ1) is 17.1. The zero-order chi connectivity index (χ0) is 15.8. The Balaban J connectivity index is 2.36. The van der Waals surface area contributed by atoms with Crippen LogP contribution in [0.3, 0.4) is 0 Å². The second-order valence-electron chi connectivity index (χ2n) is 6.81. The number of nitrogens with one attached hydrogen (secondary N) is 1. The third kappa shape index (κ3) is 3.92. The predicted molar refractivity (Wildman–Crippen MR) is 91.2 cm³/mol. The Morgan fingerprint density at radius 1 is 1.43 bits per heavy atom. The summed E-state index contributed by atoms with van der Waals surface area (Å²) in [6.07, 6.45) is -0.0444. The molecule has 0 aliphatic carbocycles. The standard InChI is InChI=1S/C15H24BrN3OS/c1-9(2)19-6-7-20-10(8-19)13-17-12(15(3,4)5)11(16)14(21)18-13/h9-10H,6-8H2,1-5H3,(H,17,18,21). The summed E-state index contributed by atoms with van der Waals surface area (Å²) in [5, 5.41) is 0.